The van der Waals surface area contributed by atoms with Crippen molar-refractivity contribution < 1.29 is 9.47 Å². The molecule has 1 aromatic carbocycles. The first kappa shape index (κ1) is 14.6. The van der Waals surface area contributed by atoms with Gasteiger partial charge in [-0.25, -0.2) is 4.98 Å². The standard InChI is InChI=1S/C17H21N3O2/c1-11-8-18-12(2)17(20-11)19-9-13-6-14-4-5-15(21-3)7-16(14)22-10-13/h4-5,7-8,13H,6,9-10H2,1-3H3,(H,19,20). The van der Waals surface area contributed by atoms with E-state index in [1.807, 2.05) is 26.0 Å². The average molecular weight is 299 g/mol. The summed E-state index contributed by atoms with van der Waals surface area (Å²) in [5, 5.41) is 3.40. The highest BCUT2D eigenvalue weighted by Crippen LogP contribution is 2.31. The molecule has 1 N–H and O–H groups in total. The first-order chi connectivity index (χ1) is 10.7. The molecule has 2 heterocycles. The van der Waals surface area contributed by atoms with Crippen LogP contribution in [0.1, 0.15) is 17.0 Å². The Morgan fingerprint density at radius 2 is 2.23 bits per heavy atom. The van der Waals surface area contributed by atoms with Crippen LogP contribution in [0.2, 0.25) is 0 Å². The zero-order valence-corrected chi connectivity index (χ0v) is 13.2. The maximum absolute atomic E-state index is 5.86. The van der Waals surface area contributed by atoms with Crippen LogP contribution in [0.3, 0.4) is 0 Å². The first-order valence-corrected chi connectivity index (χ1v) is 7.49. The number of methoxy groups -OCH3 is 1. The largest absolute Gasteiger partial charge is 0.497 e. The van der Waals surface area contributed by atoms with E-state index in [-0.39, 0.29) is 0 Å². The van der Waals surface area contributed by atoms with E-state index in [2.05, 4.69) is 21.4 Å². The highest BCUT2D eigenvalue weighted by molar-refractivity contribution is 5.43. The highest BCUT2D eigenvalue weighted by Gasteiger charge is 2.20. The van der Waals surface area contributed by atoms with Gasteiger partial charge in [-0.2, -0.15) is 0 Å². The third kappa shape index (κ3) is 3.13. The van der Waals surface area contributed by atoms with Gasteiger partial charge in [-0.05, 0) is 31.9 Å². The van der Waals surface area contributed by atoms with Crippen LogP contribution >= 0.6 is 0 Å². The predicted octanol–water partition coefficient (Wildman–Crippen LogP) is 2.77. The second-order valence-corrected chi connectivity index (χ2v) is 5.68. The Labute approximate surface area is 130 Å². The van der Waals surface area contributed by atoms with Gasteiger partial charge >= 0.3 is 0 Å². The smallest absolute Gasteiger partial charge is 0.147 e. The number of ether oxygens (including phenoxy) is 2. The monoisotopic (exact) mass is 299 g/mol. The number of hydrogen-bond acceptors (Lipinski definition) is 5. The fourth-order valence-electron chi connectivity index (χ4n) is 2.62. The Kier molecular flexibility index (Phi) is 4.13. The molecule has 5 nitrogen and oxygen atoms in total. The number of rotatable bonds is 4. The SMILES string of the molecule is COc1ccc2c(c1)OCC(CNc1nc(C)cnc1C)C2. The van der Waals surface area contributed by atoms with Crippen molar-refractivity contribution in [2.75, 3.05) is 25.6 Å². The molecule has 0 fully saturated rings. The van der Waals surface area contributed by atoms with Crippen LogP contribution in [0.4, 0.5) is 5.82 Å². The van der Waals surface area contributed by atoms with Crippen molar-refractivity contribution in [3.63, 3.8) is 0 Å². The van der Waals surface area contributed by atoms with Gasteiger partial charge in [0, 0.05) is 24.7 Å². The van der Waals surface area contributed by atoms with Gasteiger partial charge in [0.1, 0.15) is 17.3 Å². The van der Waals surface area contributed by atoms with E-state index in [9.17, 15) is 0 Å². The summed E-state index contributed by atoms with van der Waals surface area (Å²) in [5.74, 6) is 3.05. The number of fused-ring (bicyclic) bond motifs is 1. The summed E-state index contributed by atoms with van der Waals surface area (Å²) >= 11 is 0. The molecule has 0 saturated heterocycles. The molecule has 1 aliphatic rings. The van der Waals surface area contributed by atoms with Crippen LogP contribution in [0.25, 0.3) is 0 Å². The molecule has 0 spiro atoms. The van der Waals surface area contributed by atoms with E-state index >= 15 is 0 Å². The highest BCUT2D eigenvalue weighted by atomic mass is 16.5. The molecule has 0 bridgehead atoms. The van der Waals surface area contributed by atoms with E-state index in [0.717, 1.165) is 41.7 Å². The van der Waals surface area contributed by atoms with E-state index in [1.54, 1.807) is 13.3 Å². The van der Waals surface area contributed by atoms with Gasteiger partial charge in [-0.3, -0.25) is 4.98 Å². The van der Waals surface area contributed by atoms with Gasteiger partial charge in [0.15, 0.2) is 0 Å². The topological polar surface area (TPSA) is 56.3 Å². The van der Waals surface area contributed by atoms with Gasteiger partial charge < -0.3 is 14.8 Å². The van der Waals surface area contributed by atoms with E-state index in [0.29, 0.717) is 12.5 Å². The van der Waals surface area contributed by atoms with Crippen molar-refractivity contribution in [3.05, 3.63) is 41.3 Å². The second kappa shape index (κ2) is 6.22. The summed E-state index contributed by atoms with van der Waals surface area (Å²) in [6.45, 7) is 5.44. The zero-order chi connectivity index (χ0) is 15.5. The maximum atomic E-state index is 5.86. The Morgan fingerprint density at radius 3 is 3.05 bits per heavy atom. The summed E-state index contributed by atoms with van der Waals surface area (Å²) in [6.07, 6.45) is 2.78. The molecule has 1 aromatic heterocycles. The third-order valence-electron chi connectivity index (χ3n) is 3.89. The summed E-state index contributed by atoms with van der Waals surface area (Å²) < 4.78 is 11.1. The normalized spacial score (nSPS) is 16.6. The van der Waals surface area contributed by atoms with E-state index in [4.69, 9.17) is 9.47 Å². The van der Waals surface area contributed by atoms with Crippen molar-refractivity contribution in [2.24, 2.45) is 5.92 Å². The van der Waals surface area contributed by atoms with Crippen LogP contribution in [-0.2, 0) is 6.42 Å². The predicted molar refractivity (Wildman–Crippen MR) is 85.7 cm³/mol. The van der Waals surface area contributed by atoms with Crippen LogP contribution < -0.4 is 14.8 Å². The number of aryl methyl sites for hydroxylation is 2. The average Bonchev–Trinajstić information content (AvgIpc) is 2.55. The molecule has 0 saturated carbocycles. The lowest BCUT2D eigenvalue weighted by molar-refractivity contribution is 0.228. The van der Waals surface area contributed by atoms with Crippen molar-refractivity contribution in [1.82, 2.24) is 9.97 Å². The summed E-state index contributed by atoms with van der Waals surface area (Å²) in [7, 11) is 1.67. The molecule has 1 atom stereocenters. The number of nitrogens with one attached hydrogen (secondary N) is 1. The molecule has 5 heteroatoms. The van der Waals surface area contributed by atoms with Gasteiger partial charge in [-0.15, -0.1) is 0 Å². The van der Waals surface area contributed by atoms with Gasteiger partial charge in [0.05, 0.1) is 25.1 Å². The third-order valence-corrected chi connectivity index (χ3v) is 3.89. The summed E-state index contributed by atoms with van der Waals surface area (Å²) in [6, 6.07) is 6.02. The molecule has 116 valence electrons. The molecule has 0 aliphatic carbocycles. The molecule has 1 aliphatic heterocycles. The fraction of sp³-hybridized carbons (Fsp3) is 0.412. The quantitative estimate of drug-likeness (QED) is 0.941. The van der Waals surface area contributed by atoms with Crippen LogP contribution in [0.15, 0.2) is 24.4 Å². The maximum Gasteiger partial charge on any atom is 0.147 e. The van der Waals surface area contributed by atoms with Gasteiger partial charge in [0.25, 0.3) is 0 Å². The molecule has 3 rings (SSSR count). The lowest BCUT2D eigenvalue weighted by atomic mass is 9.96. The van der Waals surface area contributed by atoms with E-state index in [1.165, 1.54) is 5.56 Å². The minimum atomic E-state index is 0.419. The van der Waals surface area contributed by atoms with Crippen LogP contribution in [0, 0.1) is 19.8 Å². The van der Waals surface area contributed by atoms with Crippen molar-refractivity contribution >= 4 is 5.82 Å². The summed E-state index contributed by atoms with van der Waals surface area (Å²) in [5.41, 5.74) is 3.07. The molecule has 2 aromatic rings. The number of anilines is 1. The van der Waals surface area contributed by atoms with Crippen molar-refractivity contribution in [1.29, 1.82) is 0 Å². The zero-order valence-electron chi connectivity index (χ0n) is 13.2. The molecular formula is C17H21N3O2. The summed E-state index contributed by atoms with van der Waals surface area (Å²) in [4.78, 5) is 8.82. The Balaban J connectivity index is 1.64. The minimum absolute atomic E-state index is 0.419. The molecule has 0 amide bonds. The second-order valence-electron chi connectivity index (χ2n) is 5.68. The Bertz CT molecular complexity index is 673. The van der Waals surface area contributed by atoms with Crippen LogP contribution in [-0.4, -0.2) is 30.2 Å². The Hall–Kier alpha value is -2.30. The first-order valence-electron chi connectivity index (χ1n) is 7.49. The van der Waals surface area contributed by atoms with Crippen molar-refractivity contribution in [3.8, 4) is 11.5 Å². The van der Waals surface area contributed by atoms with Crippen molar-refractivity contribution in [2.45, 2.75) is 20.3 Å². The molecule has 0 radical (unpaired) electrons. The Morgan fingerprint density at radius 1 is 1.36 bits per heavy atom. The lowest BCUT2D eigenvalue weighted by Gasteiger charge is -2.26. The van der Waals surface area contributed by atoms with Crippen LogP contribution in [0.5, 0.6) is 11.5 Å². The van der Waals surface area contributed by atoms with Gasteiger partial charge in [-0.1, -0.05) is 6.07 Å². The van der Waals surface area contributed by atoms with Gasteiger partial charge in [0.2, 0.25) is 0 Å². The fourth-order valence-corrected chi connectivity index (χ4v) is 2.62. The molecular weight excluding hydrogens is 278 g/mol. The number of hydrogen-bond donors (Lipinski definition) is 1. The molecule has 22 heavy (non-hydrogen) atoms. The minimum Gasteiger partial charge on any atom is -0.497 e. The number of nitrogens with zero attached hydrogens (tertiary/aromatic N) is 2. The number of aromatic nitrogens is 2. The van der Waals surface area contributed by atoms with E-state index < -0.39 is 0 Å². The lowest BCUT2D eigenvalue weighted by Crippen LogP contribution is -2.27. The number of benzene rings is 1. The molecule has 1 unspecified atom stereocenters.